The highest BCUT2D eigenvalue weighted by Gasteiger charge is 2.16. The molecule has 0 aliphatic carbocycles. The monoisotopic (exact) mass is 207 g/mol. The van der Waals surface area contributed by atoms with E-state index in [2.05, 4.69) is 26.9 Å². The quantitative estimate of drug-likeness (QED) is 0.750. The Morgan fingerprint density at radius 1 is 1.20 bits per heavy atom. The van der Waals surface area contributed by atoms with Crippen LogP contribution in [0, 0.1) is 0 Å². The number of hydrogen-bond acceptors (Lipinski definition) is 5. The second-order valence-corrected chi connectivity index (χ2v) is 3.74. The van der Waals surface area contributed by atoms with Crippen molar-refractivity contribution >= 4 is 11.6 Å². The van der Waals surface area contributed by atoms with Gasteiger partial charge in [0.15, 0.2) is 5.82 Å². The summed E-state index contributed by atoms with van der Waals surface area (Å²) >= 11 is 0. The molecule has 1 aromatic rings. The summed E-state index contributed by atoms with van der Waals surface area (Å²) in [5, 5.41) is 7.95. The van der Waals surface area contributed by atoms with Crippen LogP contribution in [0.25, 0.3) is 0 Å². The van der Waals surface area contributed by atoms with Gasteiger partial charge in [-0.3, -0.25) is 0 Å². The third kappa shape index (κ3) is 2.36. The van der Waals surface area contributed by atoms with Crippen molar-refractivity contribution in [1.82, 2.24) is 15.1 Å². The molecule has 2 N–H and O–H groups in total. The Bertz CT molecular complexity index is 302. The van der Waals surface area contributed by atoms with E-state index in [0.717, 1.165) is 38.5 Å². The zero-order valence-corrected chi connectivity index (χ0v) is 9.06. The van der Waals surface area contributed by atoms with Crippen LogP contribution < -0.4 is 10.6 Å². The van der Waals surface area contributed by atoms with Gasteiger partial charge in [0.2, 0.25) is 0 Å². The van der Waals surface area contributed by atoms with Gasteiger partial charge in [-0.25, -0.2) is 0 Å². The lowest BCUT2D eigenvalue weighted by molar-refractivity contribution is 0.270. The van der Waals surface area contributed by atoms with Crippen LogP contribution in [0.1, 0.15) is 6.92 Å². The summed E-state index contributed by atoms with van der Waals surface area (Å²) in [6.45, 7) is 7.56. The SMILES string of the molecule is CCN1CCN(c2ccc(N)nn2)CC1. The lowest BCUT2D eigenvalue weighted by Crippen LogP contribution is -2.46. The maximum atomic E-state index is 5.50. The van der Waals surface area contributed by atoms with Crippen LogP contribution in [0.2, 0.25) is 0 Å². The van der Waals surface area contributed by atoms with E-state index in [1.54, 1.807) is 6.07 Å². The molecule has 1 aliphatic rings. The predicted octanol–water partition coefficient (Wildman–Crippen LogP) is 0.201. The third-order valence-corrected chi connectivity index (χ3v) is 2.81. The molecule has 0 saturated carbocycles. The van der Waals surface area contributed by atoms with E-state index in [9.17, 15) is 0 Å². The molecule has 1 aromatic heterocycles. The highest BCUT2D eigenvalue weighted by Crippen LogP contribution is 2.12. The molecule has 2 rings (SSSR count). The summed E-state index contributed by atoms with van der Waals surface area (Å²) in [6.07, 6.45) is 0. The van der Waals surface area contributed by atoms with Crippen LogP contribution in [0.4, 0.5) is 11.6 Å². The number of rotatable bonds is 2. The minimum Gasteiger partial charge on any atom is -0.382 e. The largest absolute Gasteiger partial charge is 0.382 e. The molecule has 0 radical (unpaired) electrons. The number of nitrogens with zero attached hydrogens (tertiary/aromatic N) is 4. The molecule has 0 bridgehead atoms. The van der Waals surface area contributed by atoms with Gasteiger partial charge in [-0.1, -0.05) is 6.92 Å². The standard InChI is InChI=1S/C10H17N5/c1-2-14-5-7-15(8-6-14)10-4-3-9(11)12-13-10/h3-4H,2,5-8H2,1H3,(H2,11,12). The zero-order chi connectivity index (χ0) is 10.7. The zero-order valence-electron chi connectivity index (χ0n) is 9.06. The first-order chi connectivity index (χ1) is 7.29. The number of likely N-dealkylation sites (N-methyl/N-ethyl adjacent to an activating group) is 1. The molecule has 5 heteroatoms. The first-order valence-corrected chi connectivity index (χ1v) is 5.36. The van der Waals surface area contributed by atoms with Crippen molar-refractivity contribution in [1.29, 1.82) is 0 Å². The molecule has 0 unspecified atom stereocenters. The van der Waals surface area contributed by atoms with Gasteiger partial charge in [0, 0.05) is 26.2 Å². The summed E-state index contributed by atoms with van der Waals surface area (Å²) in [7, 11) is 0. The predicted molar refractivity (Wildman–Crippen MR) is 60.8 cm³/mol. The smallest absolute Gasteiger partial charge is 0.151 e. The number of piperazine rings is 1. The Hall–Kier alpha value is -1.36. The van der Waals surface area contributed by atoms with E-state index in [1.165, 1.54) is 0 Å². The van der Waals surface area contributed by atoms with Gasteiger partial charge in [-0.15, -0.1) is 10.2 Å². The maximum absolute atomic E-state index is 5.50. The van der Waals surface area contributed by atoms with E-state index >= 15 is 0 Å². The van der Waals surface area contributed by atoms with Gasteiger partial charge in [0.1, 0.15) is 5.82 Å². The highest BCUT2D eigenvalue weighted by atomic mass is 15.3. The number of aromatic nitrogens is 2. The average molecular weight is 207 g/mol. The highest BCUT2D eigenvalue weighted by molar-refractivity contribution is 5.41. The molecule has 15 heavy (non-hydrogen) atoms. The Balaban J connectivity index is 1.98. The van der Waals surface area contributed by atoms with Gasteiger partial charge in [0.05, 0.1) is 0 Å². The molecule has 5 nitrogen and oxygen atoms in total. The molecule has 1 saturated heterocycles. The van der Waals surface area contributed by atoms with E-state index in [0.29, 0.717) is 5.82 Å². The van der Waals surface area contributed by atoms with E-state index < -0.39 is 0 Å². The second-order valence-electron chi connectivity index (χ2n) is 3.74. The van der Waals surface area contributed by atoms with Crippen LogP contribution in [0.3, 0.4) is 0 Å². The van der Waals surface area contributed by atoms with Crippen LogP contribution >= 0.6 is 0 Å². The summed E-state index contributed by atoms with van der Waals surface area (Å²) in [5.74, 6) is 1.41. The second kappa shape index (κ2) is 4.44. The Labute approximate surface area is 89.9 Å². The van der Waals surface area contributed by atoms with Crippen LogP contribution in [-0.2, 0) is 0 Å². The molecule has 0 atom stereocenters. The summed E-state index contributed by atoms with van der Waals surface area (Å²) < 4.78 is 0. The fourth-order valence-electron chi connectivity index (χ4n) is 1.80. The summed E-state index contributed by atoms with van der Waals surface area (Å²) in [5.41, 5.74) is 5.50. The molecule has 1 aliphatic heterocycles. The molecule has 1 fully saturated rings. The van der Waals surface area contributed by atoms with Gasteiger partial charge >= 0.3 is 0 Å². The van der Waals surface area contributed by atoms with Crippen molar-refractivity contribution < 1.29 is 0 Å². The first-order valence-electron chi connectivity index (χ1n) is 5.36. The summed E-state index contributed by atoms with van der Waals surface area (Å²) in [4.78, 5) is 4.68. The van der Waals surface area contributed by atoms with Crippen molar-refractivity contribution in [3.8, 4) is 0 Å². The fraction of sp³-hybridized carbons (Fsp3) is 0.600. The molecular formula is C10H17N5. The fourth-order valence-corrected chi connectivity index (χ4v) is 1.80. The maximum Gasteiger partial charge on any atom is 0.151 e. The number of hydrogen-bond donors (Lipinski definition) is 1. The number of nitrogens with two attached hydrogens (primary N) is 1. The van der Waals surface area contributed by atoms with E-state index in [-0.39, 0.29) is 0 Å². The minimum atomic E-state index is 0.478. The topological polar surface area (TPSA) is 58.3 Å². The van der Waals surface area contributed by atoms with Gasteiger partial charge in [-0.2, -0.15) is 0 Å². The molecule has 2 heterocycles. The van der Waals surface area contributed by atoms with Crippen molar-refractivity contribution in [3.05, 3.63) is 12.1 Å². The number of nitrogen functional groups attached to an aromatic ring is 1. The molecule has 82 valence electrons. The minimum absolute atomic E-state index is 0.478. The van der Waals surface area contributed by atoms with Gasteiger partial charge < -0.3 is 15.5 Å². The van der Waals surface area contributed by atoms with Crippen molar-refractivity contribution in [2.24, 2.45) is 0 Å². The normalized spacial score (nSPS) is 18.1. The Morgan fingerprint density at radius 3 is 2.47 bits per heavy atom. The van der Waals surface area contributed by atoms with Crippen molar-refractivity contribution in [2.75, 3.05) is 43.4 Å². The van der Waals surface area contributed by atoms with Gasteiger partial charge in [0.25, 0.3) is 0 Å². The van der Waals surface area contributed by atoms with Crippen molar-refractivity contribution in [2.45, 2.75) is 6.92 Å². The Kier molecular flexibility index (Phi) is 3.01. The summed E-state index contributed by atoms with van der Waals surface area (Å²) in [6, 6.07) is 3.73. The molecule has 0 amide bonds. The molecule has 0 spiro atoms. The molecular weight excluding hydrogens is 190 g/mol. The number of anilines is 2. The van der Waals surface area contributed by atoms with Crippen LogP contribution in [0.15, 0.2) is 12.1 Å². The van der Waals surface area contributed by atoms with Crippen LogP contribution in [-0.4, -0.2) is 47.8 Å². The first kappa shape index (κ1) is 10.2. The molecule has 0 aromatic carbocycles. The lowest BCUT2D eigenvalue weighted by atomic mass is 10.3. The van der Waals surface area contributed by atoms with E-state index in [4.69, 9.17) is 5.73 Å². The van der Waals surface area contributed by atoms with Crippen molar-refractivity contribution in [3.63, 3.8) is 0 Å². The van der Waals surface area contributed by atoms with Crippen LogP contribution in [0.5, 0.6) is 0 Å². The third-order valence-electron chi connectivity index (χ3n) is 2.81. The Morgan fingerprint density at radius 2 is 1.93 bits per heavy atom. The van der Waals surface area contributed by atoms with E-state index in [1.807, 2.05) is 6.07 Å². The average Bonchev–Trinajstić information content (AvgIpc) is 2.30. The van der Waals surface area contributed by atoms with Gasteiger partial charge in [-0.05, 0) is 18.7 Å². The lowest BCUT2D eigenvalue weighted by Gasteiger charge is -2.34.